The Labute approximate surface area is 141 Å². The van der Waals surface area contributed by atoms with Gasteiger partial charge in [-0.25, -0.2) is 4.79 Å². The summed E-state index contributed by atoms with van der Waals surface area (Å²) in [6, 6.07) is 6.29. The van der Waals surface area contributed by atoms with Crippen LogP contribution in [0.3, 0.4) is 0 Å². The summed E-state index contributed by atoms with van der Waals surface area (Å²) in [6.07, 6.45) is -0.547. The fraction of sp³-hybridized carbons (Fsp3) is 0.500. The molecule has 0 spiro atoms. The van der Waals surface area contributed by atoms with Gasteiger partial charge in [-0.3, -0.25) is 10.1 Å². The zero-order valence-electron chi connectivity index (χ0n) is 13.9. The van der Waals surface area contributed by atoms with Crippen molar-refractivity contribution in [2.45, 2.75) is 19.0 Å². The zero-order valence-corrected chi connectivity index (χ0v) is 14.9. The van der Waals surface area contributed by atoms with E-state index < -0.39 is 19.8 Å². The number of rotatable bonds is 10. The van der Waals surface area contributed by atoms with Crippen LogP contribution in [0.1, 0.15) is 12.0 Å². The van der Waals surface area contributed by atoms with Crippen LogP contribution in [0.4, 0.5) is 10.5 Å². The summed E-state index contributed by atoms with van der Waals surface area (Å²) >= 11 is 0. The van der Waals surface area contributed by atoms with E-state index in [1.807, 2.05) is 0 Å². The summed E-state index contributed by atoms with van der Waals surface area (Å²) in [5.41, 5.74) is 0.647. The van der Waals surface area contributed by atoms with Crippen LogP contribution in [0, 0.1) is 10.1 Å². The molecule has 0 aromatic heterocycles. The Kier molecular flexibility index (Phi) is 7.78. The van der Waals surface area contributed by atoms with E-state index in [-0.39, 0.29) is 18.8 Å². The molecule has 0 aliphatic rings. The zero-order chi connectivity index (χ0) is 18.2. The van der Waals surface area contributed by atoms with Crippen LogP contribution in [0.5, 0.6) is 0 Å². The van der Waals surface area contributed by atoms with Crippen molar-refractivity contribution in [1.82, 2.24) is 4.90 Å². The Morgan fingerprint density at radius 1 is 1.21 bits per heavy atom. The standard InChI is InChI=1S/C14H22N2O7Si/c1-21-24(22-2,23-3)10-4-9-15(14(17)18)11-12-5-7-13(8-6-12)16(19)20/h5-8H,4,9-11H2,1-3H3,(H,17,18). The summed E-state index contributed by atoms with van der Waals surface area (Å²) in [6.45, 7) is 0.423. The highest BCUT2D eigenvalue weighted by Gasteiger charge is 2.37. The Hall–Kier alpha value is -2.01. The maximum atomic E-state index is 11.4. The molecule has 0 radical (unpaired) electrons. The van der Waals surface area contributed by atoms with Crippen LogP contribution in [0.15, 0.2) is 24.3 Å². The smallest absolute Gasteiger partial charge is 0.465 e. The average Bonchev–Trinajstić information content (AvgIpc) is 2.58. The molecule has 0 aliphatic heterocycles. The van der Waals surface area contributed by atoms with Gasteiger partial charge in [0.15, 0.2) is 0 Å². The van der Waals surface area contributed by atoms with E-state index in [0.717, 1.165) is 0 Å². The number of amides is 1. The van der Waals surface area contributed by atoms with Crippen LogP contribution in [0.2, 0.25) is 6.04 Å². The number of benzene rings is 1. The largest absolute Gasteiger partial charge is 0.500 e. The lowest BCUT2D eigenvalue weighted by molar-refractivity contribution is -0.384. The van der Waals surface area contributed by atoms with E-state index >= 15 is 0 Å². The number of carboxylic acid groups (broad SMARTS) is 1. The van der Waals surface area contributed by atoms with Gasteiger partial charge in [-0.2, -0.15) is 0 Å². The number of nitro benzene ring substituents is 1. The fourth-order valence-corrected chi connectivity index (χ4v) is 3.93. The van der Waals surface area contributed by atoms with Gasteiger partial charge in [0.2, 0.25) is 0 Å². The minimum absolute atomic E-state index is 0.0308. The lowest BCUT2D eigenvalue weighted by Crippen LogP contribution is -2.43. The van der Waals surface area contributed by atoms with Crippen molar-refractivity contribution < 1.29 is 28.1 Å². The second kappa shape index (κ2) is 9.32. The number of hydrogen-bond acceptors (Lipinski definition) is 6. The first-order chi connectivity index (χ1) is 11.4. The summed E-state index contributed by atoms with van der Waals surface area (Å²) in [7, 11) is 1.79. The van der Waals surface area contributed by atoms with E-state index in [0.29, 0.717) is 18.0 Å². The quantitative estimate of drug-likeness (QED) is 0.388. The van der Waals surface area contributed by atoms with Crippen LogP contribution >= 0.6 is 0 Å². The molecule has 0 bridgehead atoms. The second-order valence-electron chi connectivity index (χ2n) is 5.03. The van der Waals surface area contributed by atoms with Crippen molar-refractivity contribution in [2.24, 2.45) is 0 Å². The van der Waals surface area contributed by atoms with Gasteiger partial charge in [0, 0.05) is 52.6 Å². The van der Waals surface area contributed by atoms with Gasteiger partial charge < -0.3 is 23.3 Å². The molecule has 1 rings (SSSR count). The van der Waals surface area contributed by atoms with Crippen molar-refractivity contribution in [2.75, 3.05) is 27.9 Å². The molecule has 1 N–H and O–H groups in total. The molecule has 0 unspecified atom stereocenters. The van der Waals surface area contributed by atoms with E-state index in [4.69, 9.17) is 13.3 Å². The number of carbonyl (C=O) groups is 1. The maximum absolute atomic E-state index is 11.4. The molecule has 0 atom stereocenters. The van der Waals surface area contributed by atoms with Crippen molar-refractivity contribution >= 4 is 20.6 Å². The van der Waals surface area contributed by atoms with Crippen LogP contribution in [-0.2, 0) is 19.8 Å². The first-order valence-corrected chi connectivity index (χ1v) is 9.17. The Bertz CT molecular complexity index is 540. The van der Waals surface area contributed by atoms with Gasteiger partial charge >= 0.3 is 14.9 Å². The lowest BCUT2D eigenvalue weighted by atomic mass is 10.2. The molecule has 0 aliphatic carbocycles. The van der Waals surface area contributed by atoms with Crippen LogP contribution in [-0.4, -0.2) is 57.7 Å². The summed E-state index contributed by atoms with van der Waals surface area (Å²) < 4.78 is 15.9. The number of hydrogen-bond donors (Lipinski definition) is 1. The minimum atomic E-state index is -2.73. The topological polar surface area (TPSA) is 111 Å². The number of nitro groups is 1. The lowest BCUT2D eigenvalue weighted by Gasteiger charge is -2.26. The van der Waals surface area contributed by atoms with Crippen molar-refractivity contribution in [3.8, 4) is 0 Å². The molecule has 134 valence electrons. The summed E-state index contributed by atoms with van der Waals surface area (Å²) in [5, 5.41) is 19.9. The van der Waals surface area contributed by atoms with Gasteiger partial charge in [-0.15, -0.1) is 0 Å². The Balaban J connectivity index is 2.64. The van der Waals surface area contributed by atoms with Crippen LogP contribution in [0.25, 0.3) is 0 Å². The number of non-ortho nitro benzene ring substituents is 1. The monoisotopic (exact) mass is 358 g/mol. The van der Waals surface area contributed by atoms with E-state index in [1.165, 1.54) is 38.4 Å². The highest BCUT2D eigenvalue weighted by Crippen LogP contribution is 2.17. The van der Waals surface area contributed by atoms with Crippen molar-refractivity contribution in [3.05, 3.63) is 39.9 Å². The molecule has 0 fully saturated rings. The molecule has 1 amide bonds. The molecular weight excluding hydrogens is 336 g/mol. The molecule has 1 aromatic rings. The fourth-order valence-electron chi connectivity index (χ4n) is 2.23. The first kappa shape index (κ1) is 20.0. The molecule has 0 saturated heterocycles. The highest BCUT2D eigenvalue weighted by molar-refractivity contribution is 6.60. The van der Waals surface area contributed by atoms with E-state index in [2.05, 4.69) is 0 Å². The molecule has 9 nitrogen and oxygen atoms in total. The van der Waals surface area contributed by atoms with Gasteiger partial charge in [0.1, 0.15) is 0 Å². The summed E-state index contributed by atoms with van der Waals surface area (Å²) in [5.74, 6) is 0. The van der Waals surface area contributed by atoms with Gasteiger partial charge in [-0.1, -0.05) is 12.1 Å². The maximum Gasteiger partial charge on any atom is 0.500 e. The molecule has 1 aromatic carbocycles. The third kappa shape index (κ3) is 5.56. The number of nitrogens with zero attached hydrogens (tertiary/aromatic N) is 2. The van der Waals surface area contributed by atoms with Gasteiger partial charge in [-0.05, 0) is 12.0 Å². The SMILES string of the molecule is CO[Si](CCCN(Cc1ccc([N+](=O)[O-])cc1)C(=O)O)(OC)OC. The molecule has 10 heteroatoms. The van der Waals surface area contributed by atoms with Crippen molar-refractivity contribution in [3.63, 3.8) is 0 Å². The second-order valence-corrected chi connectivity index (χ2v) is 8.12. The van der Waals surface area contributed by atoms with Gasteiger partial charge in [0.05, 0.1) is 4.92 Å². The van der Waals surface area contributed by atoms with Crippen molar-refractivity contribution in [1.29, 1.82) is 0 Å². The van der Waals surface area contributed by atoms with Gasteiger partial charge in [0.25, 0.3) is 5.69 Å². The average molecular weight is 358 g/mol. The molecule has 0 heterocycles. The van der Waals surface area contributed by atoms with E-state index in [9.17, 15) is 20.0 Å². The predicted octanol–water partition coefficient (Wildman–Crippen LogP) is 2.34. The molecule has 24 heavy (non-hydrogen) atoms. The highest BCUT2D eigenvalue weighted by atomic mass is 28.4. The third-order valence-corrected chi connectivity index (χ3v) is 6.47. The first-order valence-electron chi connectivity index (χ1n) is 7.24. The third-order valence-electron chi connectivity index (χ3n) is 3.64. The Morgan fingerprint density at radius 3 is 2.17 bits per heavy atom. The van der Waals surface area contributed by atoms with E-state index in [1.54, 1.807) is 12.1 Å². The van der Waals surface area contributed by atoms with Crippen LogP contribution < -0.4 is 0 Å². The molecule has 0 saturated carbocycles. The normalized spacial score (nSPS) is 11.3. The summed E-state index contributed by atoms with van der Waals surface area (Å²) in [4.78, 5) is 22.8. The molecular formula is C14H22N2O7Si. The predicted molar refractivity (Wildman–Crippen MR) is 87.7 cm³/mol. The Morgan fingerprint density at radius 2 is 1.75 bits per heavy atom. The minimum Gasteiger partial charge on any atom is -0.465 e.